The molecule has 1 aromatic carbocycles. The van der Waals surface area contributed by atoms with E-state index >= 15 is 0 Å². The molecular weight excluding hydrogens is 572 g/mol. The number of hydrogen-bond donors (Lipinski definition) is 0. The maximum atomic E-state index is 13.8. The predicted molar refractivity (Wildman–Crippen MR) is 144 cm³/mol. The first-order valence-corrected chi connectivity index (χ1v) is 14.7. The number of sulfone groups is 1. The van der Waals surface area contributed by atoms with Crippen LogP contribution in [0.4, 0.5) is 5.69 Å². The van der Waals surface area contributed by atoms with Crippen molar-refractivity contribution in [1.29, 1.82) is 0 Å². The van der Waals surface area contributed by atoms with E-state index in [2.05, 4.69) is 30.9 Å². The molecule has 11 heteroatoms. The van der Waals surface area contributed by atoms with Gasteiger partial charge in [-0.2, -0.15) is 0 Å². The molecule has 38 heavy (non-hydrogen) atoms. The highest BCUT2D eigenvalue weighted by Crippen LogP contribution is 2.34. The summed E-state index contributed by atoms with van der Waals surface area (Å²) < 4.78 is 37.2. The average molecular weight is 595 g/mol. The third-order valence-electron chi connectivity index (χ3n) is 6.49. The molecule has 1 fully saturated rings. The van der Waals surface area contributed by atoms with E-state index in [0.29, 0.717) is 24.7 Å². The first-order valence-electron chi connectivity index (χ1n) is 12.1. The van der Waals surface area contributed by atoms with Gasteiger partial charge in [-0.25, -0.2) is 23.4 Å². The summed E-state index contributed by atoms with van der Waals surface area (Å²) in [5.41, 5.74) is 4.14. The van der Waals surface area contributed by atoms with Crippen LogP contribution in [0, 0.1) is 0 Å². The van der Waals surface area contributed by atoms with Crippen LogP contribution in [0.25, 0.3) is 10.9 Å². The van der Waals surface area contributed by atoms with Crippen LogP contribution in [-0.4, -0.2) is 41.6 Å². The van der Waals surface area contributed by atoms with Crippen molar-refractivity contribution in [2.75, 3.05) is 11.2 Å². The Kier molecular flexibility index (Phi) is 6.37. The van der Waals surface area contributed by atoms with Gasteiger partial charge in [0.25, 0.3) is 5.91 Å². The molecule has 1 saturated carbocycles. The monoisotopic (exact) mass is 594 g/mol. The molecule has 0 bridgehead atoms. The molecule has 1 aliphatic carbocycles. The minimum absolute atomic E-state index is 0.0934. The number of rotatable bonds is 7. The van der Waals surface area contributed by atoms with Crippen LogP contribution in [0.1, 0.15) is 39.9 Å². The lowest BCUT2D eigenvalue weighted by Crippen LogP contribution is -2.32. The van der Waals surface area contributed by atoms with Crippen molar-refractivity contribution in [3.8, 4) is 5.88 Å². The maximum Gasteiger partial charge on any atom is 0.260 e. The fraction of sp³-hybridized carbons (Fsp3) is 0.259. The van der Waals surface area contributed by atoms with Crippen LogP contribution in [0.15, 0.2) is 64.5 Å². The molecule has 4 aromatic rings. The van der Waals surface area contributed by atoms with Crippen LogP contribution in [0.3, 0.4) is 0 Å². The number of halogens is 1. The lowest BCUT2D eigenvalue weighted by Gasteiger charge is -2.24. The van der Waals surface area contributed by atoms with E-state index in [4.69, 9.17) is 9.47 Å². The van der Waals surface area contributed by atoms with E-state index in [0.717, 1.165) is 51.3 Å². The van der Waals surface area contributed by atoms with Crippen molar-refractivity contribution in [3.05, 3.63) is 81.7 Å². The number of benzene rings is 1. The Balaban J connectivity index is 1.40. The smallest absolute Gasteiger partial charge is 0.260 e. The number of hydrogen-bond acceptors (Lipinski definition) is 8. The predicted octanol–water partition coefficient (Wildman–Crippen LogP) is 4.61. The lowest BCUT2D eigenvalue weighted by atomic mass is 10.0. The molecule has 1 aliphatic heterocycles. The first-order chi connectivity index (χ1) is 18.3. The quantitative estimate of drug-likeness (QED) is 0.285. The van der Waals surface area contributed by atoms with Gasteiger partial charge in [-0.05, 0) is 64.2 Å². The average Bonchev–Trinajstić information content (AvgIpc) is 3.57. The minimum Gasteiger partial charge on any atom is -0.474 e. The Bertz CT molecular complexity index is 1670. The second-order valence-corrected chi connectivity index (χ2v) is 12.1. The SMILES string of the molecule is CS(=O)(=O)c1ncccc1N(Cc1ccc2c3c(c(Br)nc2c1)COC3)C(=O)c1ccc(OC2CC2)nc1. The molecule has 0 N–H and O–H groups in total. The van der Waals surface area contributed by atoms with E-state index in [-0.39, 0.29) is 23.4 Å². The van der Waals surface area contributed by atoms with Crippen molar-refractivity contribution in [1.82, 2.24) is 15.0 Å². The minimum atomic E-state index is -3.72. The first kappa shape index (κ1) is 24.9. The van der Waals surface area contributed by atoms with E-state index in [1.54, 1.807) is 24.3 Å². The number of anilines is 1. The Morgan fingerprint density at radius 3 is 2.68 bits per heavy atom. The van der Waals surface area contributed by atoms with Gasteiger partial charge in [0, 0.05) is 35.7 Å². The van der Waals surface area contributed by atoms with E-state index in [9.17, 15) is 13.2 Å². The molecule has 4 heterocycles. The molecule has 0 atom stereocenters. The molecule has 6 rings (SSSR count). The Hall–Kier alpha value is -3.41. The number of nitrogens with zero attached hydrogens (tertiary/aromatic N) is 4. The number of ether oxygens (including phenoxy) is 2. The van der Waals surface area contributed by atoms with E-state index < -0.39 is 15.7 Å². The fourth-order valence-corrected chi connectivity index (χ4v) is 5.82. The third kappa shape index (κ3) is 4.89. The standard InChI is InChI=1S/C27H23BrN4O5S/c1-38(34,35)26-23(3-2-10-29-26)32(27(33)17-5-9-24(30-12-17)37-18-6-7-18)13-16-4-8-19-20-14-36-15-21(20)25(28)31-22(19)11-16/h2-5,8-12,18H,6-7,13-15H2,1H3. The Morgan fingerprint density at radius 2 is 1.95 bits per heavy atom. The van der Waals surface area contributed by atoms with Crippen LogP contribution in [-0.2, 0) is 34.3 Å². The number of fused-ring (bicyclic) bond motifs is 3. The molecule has 1 amide bonds. The number of aromatic nitrogens is 3. The van der Waals surface area contributed by atoms with Gasteiger partial charge >= 0.3 is 0 Å². The zero-order valence-electron chi connectivity index (χ0n) is 20.4. The highest BCUT2D eigenvalue weighted by Gasteiger charge is 2.27. The normalized spacial score (nSPS) is 14.9. The Morgan fingerprint density at radius 1 is 1.13 bits per heavy atom. The van der Waals surface area contributed by atoms with Gasteiger partial charge in [0.1, 0.15) is 10.7 Å². The summed E-state index contributed by atoms with van der Waals surface area (Å²) in [6.07, 6.45) is 6.10. The highest BCUT2D eigenvalue weighted by molar-refractivity contribution is 9.10. The summed E-state index contributed by atoms with van der Waals surface area (Å²) in [6.45, 7) is 1.12. The van der Waals surface area contributed by atoms with Crippen LogP contribution >= 0.6 is 15.9 Å². The van der Waals surface area contributed by atoms with Crippen molar-refractivity contribution in [3.63, 3.8) is 0 Å². The van der Waals surface area contributed by atoms with Crippen molar-refractivity contribution >= 4 is 48.3 Å². The molecule has 0 saturated heterocycles. The summed E-state index contributed by atoms with van der Waals surface area (Å²) in [7, 11) is -3.72. The van der Waals surface area contributed by atoms with Gasteiger partial charge in [0.15, 0.2) is 14.9 Å². The van der Waals surface area contributed by atoms with Crippen molar-refractivity contribution in [2.24, 2.45) is 0 Å². The van der Waals surface area contributed by atoms with Gasteiger partial charge < -0.3 is 14.4 Å². The second kappa shape index (κ2) is 9.72. The van der Waals surface area contributed by atoms with E-state index in [1.807, 2.05) is 18.2 Å². The molecule has 194 valence electrons. The van der Waals surface area contributed by atoms with Crippen molar-refractivity contribution < 1.29 is 22.7 Å². The summed E-state index contributed by atoms with van der Waals surface area (Å²) >= 11 is 3.54. The number of carbonyl (C=O) groups excluding carboxylic acids is 1. The number of amides is 1. The molecule has 0 unspecified atom stereocenters. The summed E-state index contributed by atoms with van der Waals surface area (Å²) in [5, 5.41) is 0.808. The van der Waals surface area contributed by atoms with Gasteiger partial charge in [-0.3, -0.25) is 4.79 Å². The summed E-state index contributed by atoms with van der Waals surface area (Å²) in [4.78, 5) is 28.3. The lowest BCUT2D eigenvalue weighted by molar-refractivity contribution is 0.0984. The molecular formula is C27H23BrN4O5S. The Labute approximate surface area is 227 Å². The van der Waals surface area contributed by atoms with Gasteiger partial charge in [0.2, 0.25) is 5.88 Å². The zero-order chi connectivity index (χ0) is 26.4. The van der Waals surface area contributed by atoms with Crippen molar-refractivity contribution in [2.45, 2.75) is 43.7 Å². The molecule has 0 spiro atoms. The number of carbonyl (C=O) groups is 1. The van der Waals surface area contributed by atoms with Crippen LogP contribution in [0.5, 0.6) is 5.88 Å². The van der Waals surface area contributed by atoms with Crippen LogP contribution < -0.4 is 9.64 Å². The van der Waals surface area contributed by atoms with Gasteiger partial charge in [-0.15, -0.1) is 0 Å². The largest absolute Gasteiger partial charge is 0.474 e. The highest BCUT2D eigenvalue weighted by atomic mass is 79.9. The summed E-state index contributed by atoms with van der Waals surface area (Å²) in [6, 6.07) is 12.3. The maximum absolute atomic E-state index is 13.8. The molecule has 9 nitrogen and oxygen atoms in total. The number of pyridine rings is 3. The third-order valence-corrected chi connectivity index (χ3v) is 8.16. The van der Waals surface area contributed by atoms with E-state index in [1.165, 1.54) is 17.3 Å². The topological polar surface area (TPSA) is 112 Å². The van der Waals surface area contributed by atoms with Gasteiger partial charge in [0.05, 0.1) is 36.5 Å². The molecule has 0 radical (unpaired) electrons. The molecule has 2 aliphatic rings. The fourth-order valence-electron chi connectivity index (χ4n) is 4.46. The zero-order valence-corrected chi connectivity index (χ0v) is 22.8. The molecule has 3 aromatic heterocycles. The van der Waals surface area contributed by atoms with Gasteiger partial charge in [-0.1, -0.05) is 12.1 Å². The van der Waals surface area contributed by atoms with Crippen LogP contribution in [0.2, 0.25) is 0 Å². The second-order valence-electron chi connectivity index (χ2n) is 9.40. The summed E-state index contributed by atoms with van der Waals surface area (Å²) in [5.74, 6) is 0.0430.